The number of nitrogens with one attached hydrogen (secondary N) is 2. The van der Waals surface area contributed by atoms with Gasteiger partial charge in [0.05, 0.1) is 11.1 Å². The third kappa shape index (κ3) is 5.01. The smallest absolute Gasteiger partial charge is 0.269 e. The summed E-state index contributed by atoms with van der Waals surface area (Å²) in [7, 11) is 0. The Morgan fingerprint density at radius 3 is 2.43 bits per heavy atom. The van der Waals surface area contributed by atoms with Gasteiger partial charge in [-0.25, -0.2) is 19.2 Å². The lowest BCUT2D eigenvalue weighted by Gasteiger charge is -2.30. The number of hydroxylamine groups is 1. The number of aliphatic hydroxyl groups is 1. The van der Waals surface area contributed by atoms with Gasteiger partial charge < -0.3 is 16.2 Å². The molecule has 1 heterocycles. The molecule has 8 nitrogen and oxygen atoms in total. The molecule has 2 amide bonds. The molecule has 0 aliphatic carbocycles. The van der Waals surface area contributed by atoms with E-state index >= 15 is 0 Å². The molecule has 0 aliphatic heterocycles. The number of alkyl halides is 2. The zero-order chi connectivity index (χ0) is 20.9. The van der Waals surface area contributed by atoms with Crippen LogP contribution in [0.15, 0.2) is 30.5 Å². The Morgan fingerprint density at radius 2 is 1.93 bits per heavy atom. The van der Waals surface area contributed by atoms with Crippen molar-refractivity contribution in [1.29, 1.82) is 0 Å². The van der Waals surface area contributed by atoms with Crippen molar-refractivity contribution in [3.63, 3.8) is 0 Å². The van der Waals surface area contributed by atoms with Crippen LogP contribution in [0.2, 0.25) is 0 Å². The minimum Gasteiger partial charge on any atom is -0.381 e. The van der Waals surface area contributed by atoms with Gasteiger partial charge >= 0.3 is 0 Å². The first-order chi connectivity index (χ1) is 13.1. The SMILES string of the molecule is CC(O)(C(F)F)[C@H](NC(=O)c1ccc(C#Cc2cnc(N)s2)cc1)C(=O)NO. The Balaban J connectivity index is 2.15. The molecule has 0 bridgehead atoms. The Kier molecular flexibility index (Phi) is 6.63. The van der Waals surface area contributed by atoms with E-state index in [0.29, 0.717) is 22.5 Å². The summed E-state index contributed by atoms with van der Waals surface area (Å²) in [6, 6.07) is 3.68. The van der Waals surface area contributed by atoms with Crippen LogP contribution in [0.1, 0.15) is 27.7 Å². The second-order valence-corrected chi connectivity index (χ2v) is 6.86. The molecule has 0 spiro atoms. The fraction of sp³-hybridized carbons (Fsp3) is 0.235. The van der Waals surface area contributed by atoms with Crippen molar-refractivity contribution in [2.24, 2.45) is 0 Å². The molecular weight excluding hydrogens is 394 g/mol. The first-order valence-electron chi connectivity index (χ1n) is 7.74. The number of nitrogens with two attached hydrogens (primary N) is 1. The van der Waals surface area contributed by atoms with Crippen LogP contribution in [0, 0.1) is 11.8 Å². The number of benzene rings is 1. The van der Waals surface area contributed by atoms with Crippen molar-refractivity contribution < 1.29 is 28.7 Å². The summed E-state index contributed by atoms with van der Waals surface area (Å²) in [5.41, 5.74) is 4.35. The Labute approximate surface area is 162 Å². The molecule has 0 saturated carbocycles. The van der Waals surface area contributed by atoms with E-state index in [1.165, 1.54) is 41.8 Å². The molecule has 0 aliphatic rings. The van der Waals surface area contributed by atoms with Crippen LogP contribution >= 0.6 is 11.3 Å². The molecule has 1 aromatic carbocycles. The van der Waals surface area contributed by atoms with Gasteiger partial charge in [0.15, 0.2) is 10.7 Å². The molecule has 2 atom stereocenters. The van der Waals surface area contributed by atoms with E-state index in [4.69, 9.17) is 10.9 Å². The topological polar surface area (TPSA) is 138 Å². The van der Waals surface area contributed by atoms with Crippen molar-refractivity contribution in [3.05, 3.63) is 46.5 Å². The van der Waals surface area contributed by atoms with E-state index in [1.54, 1.807) is 0 Å². The predicted molar refractivity (Wildman–Crippen MR) is 96.8 cm³/mol. The molecule has 1 unspecified atom stereocenters. The summed E-state index contributed by atoms with van der Waals surface area (Å²) >= 11 is 1.22. The first-order valence-corrected chi connectivity index (χ1v) is 8.55. The van der Waals surface area contributed by atoms with Crippen LogP contribution < -0.4 is 16.5 Å². The second-order valence-electron chi connectivity index (χ2n) is 5.80. The molecule has 0 fully saturated rings. The number of hydrogen-bond acceptors (Lipinski definition) is 7. The minimum atomic E-state index is -3.35. The lowest BCUT2D eigenvalue weighted by atomic mass is 9.95. The molecule has 0 radical (unpaired) electrons. The Hall–Kier alpha value is -3.07. The van der Waals surface area contributed by atoms with Crippen LogP contribution in [-0.4, -0.2) is 45.2 Å². The fourth-order valence-electron chi connectivity index (χ4n) is 2.07. The maximum atomic E-state index is 13.0. The lowest BCUT2D eigenvalue weighted by Crippen LogP contribution is -2.61. The molecule has 2 aromatic rings. The summed E-state index contributed by atoms with van der Waals surface area (Å²) in [6.07, 6.45) is -1.83. The van der Waals surface area contributed by atoms with Gasteiger partial charge in [0.1, 0.15) is 6.04 Å². The average Bonchev–Trinajstić information content (AvgIpc) is 3.09. The van der Waals surface area contributed by atoms with E-state index in [0.717, 1.165) is 5.48 Å². The highest BCUT2D eigenvalue weighted by atomic mass is 32.1. The van der Waals surface area contributed by atoms with Crippen LogP contribution in [-0.2, 0) is 4.79 Å². The zero-order valence-electron chi connectivity index (χ0n) is 14.4. The largest absolute Gasteiger partial charge is 0.381 e. The molecule has 11 heteroatoms. The summed E-state index contributed by atoms with van der Waals surface area (Å²) in [6.45, 7) is 0.669. The van der Waals surface area contributed by atoms with Gasteiger partial charge in [-0.05, 0) is 37.1 Å². The summed E-state index contributed by atoms with van der Waals surface area (Å²) in [4.78, 5) is 28.4. The Morgan fingerprint density at radius 1 is 1.29 bits per heavy atom. The number of anilines is 1. The fourth-order valence-corrected chi connectivity index (χ4v) is 2.60. The normalized spacial score (nSPS) is 13.8. The van der Waals surface area contributed by atoms with E-state index in [9.17, 15) is 23.5 Å². The number of halogens is 2. The number of rotatable bonds is 5. The van der Waals surface area contributed by atoms with E-state index in [2.05, 4.69) is 16.8 Å². The maximum Gasteiger partial charge on any atom is 0.269 e. The maximum absolute atomic E-state index is 13.0. The lowest BCUT2D eigenvalue weighted by molar-refractivity contribution is -0.149. The van der Waals surface area contributed by atoms with Crippen molar-refractivity contribution in [3.8, 4) is 11.8 Å². The summed E-state index contributed by atoms with van der Waals surface area (Å²) in [5.74, 6) is 3.41. The van der Waals surface area contributed by atoms with E-state index in [-0.39, 0.29) is 5.56 Å². The van der Waals surface area contributed by atoms with Gasteiger partial charge in [0, 0.05) is 11.1 Å². The standard InChI is InChI=1S/C17H16F2N4O4S/c1-17(26,15(18)19)12(14(25)23-27)22-13(24)10-5-2-9(3-6-10)4-7-11-8-21-16(20)28-11/h2-3,5-6,8,12,15,26-27H,1H3,(H2,20,21)(H,22,24)(H,23,25)/t12-,17?/m1/s1. The molecule has 28 heavy (non-hydrogen) atoms. The second kappa shape index (κ2) is 8.75. The van der Waals surface area contributed by atoms with Gasteiger partial charge in [0.2, 0.25) is 0 Å². The van der Waals surface area contributed by atoms with Crippen LogP contribution in [0.25, 0.3) is 0 Å². The highest BCUT2D eigenvalue weighted by Gasteiger charge is 2.46. The Bertz CT molecular complexity index is 919. The van der Waals surface area contributed by atoms with Gasteiger partial charge in [-0.2, -0.15) is 0 Å². The first kappa shape index (κ1) is 21.2. The highest BCUT2D eigenvalue weighted by molar-refractivity contribution is 7.15. The number of carbonyl (C=O) groups excluding carboxylic acids is 2. The number of hydrogen-bond donors (Lipinski definition) is 5. The molecule has 0 saturated heterocycles. The number of aromatic nitrogens is 1. The third-order valence-electron chi connectivity index (χ3n) is 3.67. The van der Waals surface area contributed by atoms with Crippen molar-refractivity contribution in [2.75, 3.05) is 5.73 Å². The molecule has 1 aromatic heterocycles. The summed E-state index contributed by atoms with van der Waals surface area (Å²) in [5, 5.41) is 20.9. The number of nitrogen functional groups attached to an aromatic ring is 1. The van der Waals surface area contributed by atoms with Gasteiger partial charge in [0.25, 0.3) is 18.2 Å². The van der Waals surface area contributed by atoms with E-state index in [1.807, 2.05) is 5.32 Å². The highest BCUT2D eigenvalue weighted by Crippen LogP contribution is 2.20. The monoisotopic (exact) mass is 410 g/mol. The predicted octanol–water partition coefficient (Wildman–Crippen LogP) is 0.745. The molecule has 6 N–H and O–H groups in total. The van der Waals surface area contributed by atoms with Gasteiger partial charge in [-0.1, -0.05) is 17.3 Å². The molecule has 148 valence electrons. The third-order valence-corrected chi connectivity index (χ3v) is 4.42. The summed E-state index contributed by atoms with van der Waals surface area (Å²) < 4.78 is 26.0. The van der Waals surface area contributed by atoms with Crippen molar-refractivity contribution >= 4 is 28.3 Å². The van der Waals surface area contributed by atoms with Crippen molar-refractivity contribution in [2.45, 2.75) is 25.0 Å². The van der Waals surface area contributed by atoms with Gasteiger partial charge in [-0.3, -0.25) is 14.8 Å². The van der Waals surface area contributed by atoms with E-state index < -0.39 is 29.9 Å². The van der Waals surface area contributed by atoms with Crippen LogP contribution in [0.4, 0.5) is 13.9 Å². The minimum absolute atomic E-state index is 0.0355. The van der Waals surface area contributed by atoms with Crippen LogP contribution in [0.5, 0.6) is 0 Å². The zero-order valence-corrected chi connectivity index (χ0v) is 15.3. The molecular formula is C17H16F2N4O4S. The van der Waals surface area contributed by atoms with Gasteiger partial charge in [-0.15, -0.1) is 0 Å². The quantitative estimate of drug-likeness (QED) is 0.280. The molecule has 2 rings (SSSR count). The average molecular weight is 410 g/mol. The number of amides is 2. The number of thiazole rings is 1. The van der Waals surface area contributed by atoms with Crippen LogP contribution in [0.3, 0.4) is 0 Å². The number of nitrogens with zero attached hydrogens (tertiary/aromatic N) is 1. The van der Waals surface area contributed by atoms with Crippen molar-refractivity contribution in [1.82, 2.24) is 15.8 Å². The number of carbonyl (C=O) groups is 2.